The van der Waals surface area contributed by atoms with E-state index in [-0.39, 0.29) is 5.56 Å². The van der Waals surface area contributed by atoms with Gasteiger partial charge in [-0.1, -0.05) is 25.3 Å². The molecular weight excluding hydrogens is 261 g/mol. The first kappa shape index (κ1) is 14.9. The summed E-state index contributed by atoms with van der Waals surface area (Å²) in [6.45, 7) is 0.897. The van der Waals surface area contributed by atoms with Crippen molar-refractivity contribution in [3.8, 4) is 0 Å². The van der Waals surface area contributed by atoms with E-state index in [1.54, 1.807) is 6.07 Å². The van der Waals surface area contributed by atoms with Gasteiger partial charge in [-0.15, -0.1) is 0 Å². The van der Waals surface area contributed by atoms with E-state index in [1.165, 1.54) is 18.6 Å². The highest BCUT2D eigenvalue weighted by Gasteiger charge is 2.28. The maximum atomic E-state index is 13.5. The van der Waals surface area contributed by atoms with Crippen LogP contribution in [0.1, 0.15) is 48.0 Å². The zero-order chi connectivity index (χ0) is 14.6. The number of hydrogen-bond donors (Lipinski definition) is 3. The van der Waals surface area contributed by atoms with E-state index in [1.807, 2.05) is 0 Å². The summed E-state index contributed by atoms with van der Waals surface area (Å²) >= 11 is 0. The molecule has 3 N–H and O–H groups in total. The normalized spacial score (nSPS) is 17.9. The second-order valence-electron chi connectivity index (χ2n) is 5.51. The summed E-state index contributed by atoms with van der Waals surface area (Å²) in [6.07, 6.45) is 4.85. The Hall–Kier alpha value is -1.46. The van der Waals surface area contributed by atoms with Crippen LogP contribution in [0.3, 0.4) is 0 Å². The van der Waals surface area contributed by atoms with Crippen LogP contribution in [-0.4, -0.2) is 28.3 Å². The van der Waals surface area contributed by atoms with Crippen LogP contribution < -0.4 is 5.32 Å². The SMILES string of the molecule is O=C(O)c1ccc(CNCC2(O)CCCCC2)cc1F. The molecule has 1 aromatic rings. The number of aromatic carboxylic acids is 1. The third-order valence-corrected chi connectivity index (χ3v) is 3.83. The standard InChI is InChI=1S/C15H20FNO3/c16-13-8-11(4-5-12(13)14(18)19)9-17-10-15(20)6-2-1-3-7-15/h4-5,8,17,20H,1-3,6-7,9-10H2,(H,18,19). The predicted octanol–water partition coefficient (Wildman–Crippen LogP) is 2.31. The van der Waals surface area contributed by atoms with E-state index in [2.05, 4.69) is 5.32 Å². The topological polar surface area (TPSA) is 69.6 Å². The maximum absolute atomic E-state index is 13.5. The summed E-state index contributed by atoms with van der Waals surface area (Å²) < 4.78 is 13.5. The van der Waals surface area contributed by atoms with Gasteiger partial charge in [-0.05, 0) is 30.5 Å². The molecule has 1 aliphatic carbocycles. The second kappa shape index (κ2) is 6.33. The molecule has 0 aliphatic heterocycles. The molecule has 0 radical (unpaired) electrons. The Morgan fingerprint density at radius 3 is 2.60 bits per heavy atom. The number of carbonyl (C=O) groups is 1. The number of nitrogens with one attached hydrogen (secondary N) is 1. The van der Waals surface area contributed by atoms with Crippen LogP contribution in [0, 0.1) is 5.82 Å². The first-order valence-electron chi connectivity index (χ1n) is 6.95. The highest BCUT2D eigenvalue weighted by atomic mass is 19.1. The van der Waals surface area contributed by atoms with E-state index >= 15 is 0 Å². The third-order valence-electron chi connectivity index (χ3n) is 3.83. The molecule has 0 saturated heterocycles. The number of carboxylic acids is 1. The fraction of sp³-hybridized carbons (Fsp3) is 0.533. The summed E-state index contributed by atoms with van der Waals surface area (Å²) in [5.41, 5.74) is -0.302. The molecule has 20 heavy (non-hydrogen) atoms. The van der Waals surface area contributed by atoms with Gasteiger partial charge < -0.3 is 15.5 Å². The van der Waals surface area contributed by atoms with Gasteiger partial charge in [0.15, 0.2) is 0 Å². The van der Waals surface area contributed by atoms with Crippen LogP contribution in [0.15, 0.2) is 18.2 Å². The van der Waals surface area contributed by atoms with Gasteiger partial charge in [0.05, 0.1) is 11.2 Å². The fourth-order valence-corrected chi connectivity index (χ4v) is 2.67. The Morgan fingerprint density at radius 1 is 1.30 bits per heavy atom. The number of benzene rings is 1. The molecule has 1 aromatic carbocycles. The van der Waals surface area contributed by atoms with Crippen molar-refractivity contribution < 1.29 is 19.4 Å². The molecule has 0 aromatic heterocycles. The second-order valence-corrected chi connectivity index (χ2v) is 5.51. The maximum Gasteiger partial charge on any atom is 0.338 e. The van der Waals surface area contributed by atoms with Gasteiger partial charge in [-0.25, -0.2) is 9.18 Å². The van der Waals surface area contributed by atoms with Gasteiger partial charge in [0.2, 0.25) is 0 Å². The van der Waals surface area contributed by atoms with Crippen LogP contribution in [0.5, 0.6) is 0 Å². The largest absolute Gasteiger partial charge is 0.478 e. The third kappa shape index (κ3) is 3.77. The Bertz CT molecular complexity index is 484. The van der Waals surface area contributed by atoms with Crippen LogP contribution >= 0.6 is 0 Å². The van der Waals surface area contributed by atoms with E-state index in [0.29, 0.717) is 18.7 Å². The summed E-state index contributed by atoms with van der Waals surface area (Å²) in [5, 5.41) is 22.2. The molecule has 1 aliphatic rings. The van der Waals surface area contributed by atoms with Crippen LogP contribution in [0.25, 0.3) is 0 Å². The molecule has 0 amide bonds. The molecule has 0 spiro atoms. The van der Waals surface area contributed by atoms with Crippen LogP contribution in [-0.2, 0) is 6.54 Å². The van der Waals surface area contributed by atoms with Gasteiger partial charge in [0.1, 0.15) is 5.82 Å². The minimum absolute atomic E-state index is 0.320. The molecule has 5 heteroatoms. The summed E-state index contributed by atoms with van der Waals surface area (Å²) in [5.74, 6) is -1.99. The lowest BCUT2D eigenvalue weighted by Gasteiger charge is -2.32. The quantitative estimate of drug-likeness (QED) is 0.774. The van der Waals surface area contributed by atoms with Gasteiger partial charge in [0, 0.05) is 13.1 Å². The molecule has 0 bridgehead atoms. The number of carboxylic acid groups (broad SMARTS) is 1. The van der Waals surface area contributed by atoms with Crippen molar-refractivity contribution in [2.24, 2.45) is 0 Å². The number of rotatable bonds is 5. The molecule has 110 valence electrons. The molecule has 0 unspecified atom stereocenters. The molecular formula is C15H20FNO3. The Kier molecular flexibility index (Phi) is 4.73. The highest BCUT2D eigenvalue weighted by molar-refractivity contribution is 5.87. The van der Waals surface area contributed by atoms with E-state index in [4.69, 9.17) is 5.11 Å². The summed E-state index contributed by atoms with van der Waals surface area (Å²) in [4.78, 5) is 10.7. The zero-order valence-corrected chi connectivity index (χ0v) is 11.4. The monoisotopic (exact) mass is 281 g/mol. The molecule has 0 heterocycles. The smallest absolute Gasteiger partial charge is 0.338 e. The summed E-state index contributed by atoms with van der Waals surface area (Å²) in [7, 11) is 0. The van der Waals surface area contributed by atoms with Gasteiger partial charge in [0.25, 0.3) is 0 Å². The van der Waals surface area contributed by atoms with E-state index in [0.717, 1.165) is 25.7 Å². The van der Waals surface area contributed by atoms with E-state index in [9.17, 15) is 14.3 Å². The Labute approximate surface area is 117 Å². The van der Waals surface area contributed by atoms with Crippen molar-refractivity contribution in [2.45, 2.75) is 44.2 Å². The van der Waals surface area contributed by atoms with Gasteiger partial charge in [-0.3, -0.25) is 0 Å². The average Bonchev–Trinajstić information content (AvgIpc) is 2.39. The lowest BCUT2D eigenvalue weighted by Crippen LogP contribution is -2.41. The van der Waals surface area contributed by atoms with Crippen molar-refractivity contribution in [3.63, 3.8) is 0 Å². The van der Waals surface area contributed by atoms with Crippen LogP contribution in [0.2, 0.25) is 0 Å². The highest BCUT2D eigenvalue weighted by Crippen LogP contribution is 2.27. The Morgan fingerprint density at radius 2 is 2.00 bits per heavy atom. The van der Waals surface area contributed by atoms with Crippen molar-refractivity contribution in [2.75, 3.05) is 6.54 Å². The number of aliphatic hydroxyl groups is 1. The zero-order valence-electron chi connectivity index (χ0n) is 11.4. The molecule has 1 saturated carbocycles. The van der Waals surface area contributed by atoms with Crippen molar-refractivity contribution in [1.82, 2.24) is 5.32 Å². The minimum atomic E-state index is -1.27. The molecule has 4 nitrogen and oxygen atoms in total. The van der Waals surface area contributed by atoms with Crippen molar-refractivity contribution >= 4 is 5.97 Å². The lowest BCUT2D eigenvalue weighted by molar-refractivity contribution is 0.00467. The Balaban J connectivity index is 1.88. The van der Waals surface area contributed by atoms with E-state index < -0.39 is 17.4 Å². The first-order valence-corrected chi connectivity index (χ1v) is 6.95. The van der Waals surface area contributed by atoms with Crippen molar-refractivity contribution in [1.29, 1.82) is 0 Å². The first-order chi connectivity index (χ1) is 9.50. The van der Waals surface area contributed by atoms with Crippen LogP contribution in [0.4, 0.5) is 4.39 Å². The number of hydrogen-bond acceptors (Lipinski definition) is 3. The fourth-order valence-electron chi connectivity index (χ4n) is 2.67. The summed E-state index contributed by atoms with van der Waals surface area (Å²) in [6, 6.07) is 4.08. The number of halogens is 1. The molecule has 0 atom stereocenters. The lowest BCUT2D eigenvalue weighted by atomic mass is 9.85. The van der Waals surface area contributed by atoms with Gasteiger partial charge in [-0.2, -0.15) is 0 Å². The molecule has 2 rings (SSSR count). The van der Waals surface area contributed by atoms with Gasteiger partial charge >= 0.3 is 5.97 Å². The average molecular weight is 281 g/mol. The minimum Gasteiger partial charge on any atom is -0.478 e. The van der Waals surface area contributed by atoms with Crippen molar-refractivity contribution in [3.05, 3.63) is 35.1 Å². The molecule has 1 fully saturated rings. The predicted molar refractivity (Wildman–Crippen MR) is 73.1 cm³/mol.